The number of hydrogen-bond donors (Lipinski definition) is 1. The zero-order valence-electron chi connectivity index (χ0n) is 8.07. The lowest BCUT2D eigenvalue weighted by atomic mass is 10.4. The van der Waals surface area contributed by atoms with E-state index in [9.17, 15) is 9.59 Å². The summed E-state index contributed by atoms with van der Waals surface area (Å²) in [5.74, 6) is -0.213. The van der Waals surface area contributed by atoms with E-state index in [1.807, 2.05) is 0 Å². The molecule has 0 saturated heterocycles. The fourth-order valence-corrected chi connectivity index (χ4v) is 1.40. The Balaban J connectivity index is 2.71. The molecule has 0 aliphatic rings. The molecule has 5 heteroatoms. The van der Waals surface area contributed by atoms with Gasteiger partial charge in [-0.25, -0.2) is 0 Å². The van der Waals surface area contributed by atoms with Crippen molar-refractivity contribution in [1.82, 2.24) is 9.88 Å². The molecule has 0 aromatic carbocycles. The van der Waals surface area contributed by atoms with E-state index in [-0.39, 0.29) is 18.0 Å². The molecule has 0 unspecified atom stereocenters. The van der Waals surface area contributed by atoms with Crippen LogP contribution in [0.3, 0.4) is 0 Å². The molecule has 1 aromatic heterocycles. The van der Waals surface area contributed by atoms with Gasteiger partial charge in [-0.3, -0.25) is 9.59 Å². The first-order chi connectivity index (χ1) is 7.13. The summed E-state index contributed by atoms with van der Waals surface area (Å²) in [6.45, 7) is 3.90. The molecule has 4 nitrogen and oxygen atoms in total. The highest BCUT2D eigenvalue weighted by Crippen LogP contribution is 2.04. The molecule has 0 spiro atoms. The van der Waals surface area contributed by atoms with Crippen molar-refractivity contribution in [2.45, 2.75) is 6.54 Å². The Bertz CT molecular complexity index is 426. The smallest absolute Gasteiger partial charge is 0.251 e. The minimum Gasteiger partial charge on any atom is -0.351 e. The Morgan fingerprint density at radius 3 is 3.00 bits per heavy atom. The lowest BCUT2D eigenvalue weighted by molar-refractivity contribution is -0.121. The zero-order chi connectivity index (χ0) is 11.3. The van der Waals surface area contributed by atoms with Gasteiger partial charge in [-0.15, -0.1) is 6.58 Å². The summed E-state index contributed by atoms with van der Waals surface area (Å²) in [6, 6.07) is 3.05. The average Bonchev–Trinajstić information content (AvgIpc) is 2.20. The van der Waals surface area contributed by atoms with Gasteiger partial charge < -0.3 is 9.88 Å². The van der Waals surface area contributed by atoms with Crippen molar-refractivity contribution in [2.75, 3.05) is 6.54 Å². The molecule has 0 bridgehead atoms. The Labute approximate surface area is 95.7 Å². The molecular weight excluding hydrogens is 260 g/mol. The summed E-state index contributed by atoms with van der Waals surface area (Å²) in [4.78, 5) is 22.6. The van der Waals surface area contributed by atoms with Crippen molar-refractivity contribution in [1.29, 1.82) is 0 Å². The monoisotopic (exact) mass is 270 g/mol. The summed E-state index contributed by atoms with van der Waals surface area (Å²) >= 11 is 3.23. The van der Waals surface area contributed by atoms with E-state index in [4.69, 9.17) is 0 Å². The number of nitrogens with zero attached hydrogens (tertiary/aromatic N) is 1. The van der Waals surface area contributed by atoms with Gasteiger partial charge in [0, 0.05) is 23.3 Å². The summed E-state index contributed by atoms with van der Waals surface area (Å²) in [7, 11) is 0. The van der Waals surface area contributed by atoms with Crippen LogP contribution in [0.15, 0.2) is 40.3 Å². The SMILES string of the molecule is C=CCNC(=O)Cn1cc(Br)ccc1=O. The van der Waals surface area contributed by atoms with E-state index in [0.717, 1.165) is 4.47 Å². The lowest BCUT2D eigenvalue weighted by Crippen LogP contribution is -2.31. The second kappa shape index (κ2) is 5.50. The van der Waals surface area contributed by atoms with Crippen molar-refractivity contribution >= 4 is 21.8 Å². The van der Waals surface area contributed by atoms with E-state index >= 15 is 0 Å². The van der Waals surface area contributed by atoms with Crippen LogP contribution < -0.4 is 10.9 Å². The highest BCUT2D eigenvalue weighted by molar-refractivity contribution is 9.10. The van der Waals surface area contributed by atoms with E-state index in [1.165, 1.54) is 10.6 Å². The van der Waals surface area contributed by atoms with Crippen molar-refractivity contribution in [3.8, 4) is 0 Å². The molecule has 15 heavy (non-hydrogen) atoms. The molecule has 0 aliphatic carbocycles. The first kappa shape index (κ1) is 11.7. The maximum Gasteiger partial charge on any atom is 0.251 e. The molecule has 0 fully saturated rings. The van der Waals surface area contributed by atoms with Crippen LogP contribution in [0.2, 0.25) is 0 Å². The third-order valence-corrected chi connectivity index (χ3v) is 2.17. The van der Waals surface area contributed by atoms with Gasteiger partial charge in [-0.1, -0.05) is 6.08 Å². The molecule has 0 aliphatic heterocycles. The molecule has 1 amide bonds. The fraction of sp³-hybridized carbons (Fsp3) is 0.200. The number of nitrogens with one attached hydrogen (secondary N) is 1. The number of pyridine rings is 1. The number of rotatable bonds is 4. The molecule has 1 rings (SSSR count). The van der Waals surface area contributed by atoms with E-state index < -0.39 is 0 Å². The van der Waals surface area contributed by atoms with Gasteiger partial charge in [0.1, 0.15) is 6.54 Å². The number of halogens is 1. The Morgan fingerprint density at radius 1 is 1.60 bits per heavy atom. The molecule has 0 saturated carbocycles. The molecular formula is C10H11BrN2O2. The van der Waals surface area contributed by atoms with E-state index in [2.05, 4.69) is 27.8 Å². The largest absolute Gasteiger partial charge is 0.351 e. The van der Waals surface area contributed by atoms with Crippen LogP contribution in [0.5, 0.6) is 0 Å². The number of hydrogen-bond acceptors (Lipinski definition) is 2. The van der Waals surface area contributed by atoms with Crippen LogP contribution in [0.25, 0.3) is 0 Å². The van der Waals surface area contributed by atoms with Crippen LogP contribution >= 0.6 is 15.9 Å². The second-order valence-corrected chi connectivity index (χ2v) is 3.82. The maximum absolute atomic E-state index is 11.3. The topological polar surface area (TPSA) is 51.1 Å². The van der Waals surface area contributed by atoms with Gasteiger partial charge in [0.2, 0.25) is 5.91 Å². The summed E-state index contributed by atoms with van der Waals surface area (Å²) in [5.41, 5.74) is -0.202. The van der Waals surface area contributed by atoms with Gasteiger partial charge in [0.25, 0.3) is 5.56 Å². The molecule has 1 N–H and O–H groups in total. The predicted octanol–water partition coefficient (Wildman–Crippen LogP) is 0.913. The fourth-order valence-electron chi connectivity index (χ4n) is 1.02. The van der Waals surface area contributed by atoms with Gasteiger partial charge in [0.05, 0.1) is 0 Å². The average molecular weight is 271 g/mol. The minimum absolute atomic E-state index is 0.0200. The Hall–Kier alpha value is -1.36. The number of carbonyl (C=O) groups excluding carboxylic acids is 1. The van der Waals surface area contributed by atoms with Gasteiger partial charge in [-0.2, -0.15) is 0 Å². The molecule has 1 heterocycles. The second-order valence-electron chi connectivity index (χ2n) is 2.91. The standard InChI is InChI=1S/C10H11BrN2O2/c1-2-5-12-9(14)7-13-6-8(11)3-4-10(13)15/h2-4,6H,1,5,7H2,(H,12,14). The van der Waals surface area contributed by atoms with Crippen molar-refractivity contribution in [3.63, 3.8) is 0 Å². The summed E-state index contributed by atoms with van der Waals surface area (Å²) in [6.07, 6.45) is 3.16. The molecule has 0 radical (unpaired) electrons. The summed E-state index contributed by atoms with van der Waals surface area (Å²) in [5, 5.41) is 2.60. The van der Waals surface area contributed by atoms with Crippen LogP contribution in [0.4, 0.5) is 0 Å². The normalized spacial score (nSPS) is 9.67. The predicted molar refractivity (Wildman–Crippen MR) is 61.6 cm³/mol. The lowest BCUT2D eigenvalue weighted by Gasteiger charge is -2.05. The van der Waals surface area contributed by atoms with Crippen molar-refractivity contribution in [2.24, 2.45) is 0 Å². The molecule has 0 atom stereocenters. The van der Waals surface area contributed by atoms with Crippen LogP contribution in [-0.4, -0.2) is 17.0 Å². The third-order valence-electron chi connectivity index (χ3n) is 1.70. The minimum atomic E-state index is -0.213. The first-order valence-corrected chi connectivity index (χ1v) is 5.16. The quantitative estimate of drug-likeness (QED) is 0.828. The highest BCUT2D eigenvalue weighted by atomic mass is 79.9. The molecule has 80 valence electrons. The van der Waals surface area contributed by atoms with Crippen molar-refractivity contribution in [3.05, 3.63) is 45.8 Å². The van der Waals surface area contributed by atoms with Crippen molar-refractivity contribution < 1.29 is 4.79 Å². The summed E-state index contributed by atoms with van der Waals surface area (Å²) < 4.78 is 2.10. The van der Waals surface area contributed by atoms with E-state index in [0.29, 0.717) is 6.54 Å². The highest BCUT2D eigenvalue weighted by Gasteiger charge is 2.03. The van der Waals surface area contributed by atoms with Crippen LogP contribution in [-0.2, 0) is 11.3 Å². The molecule has 1 aromatic rings. The number of amides is 1. The maximum atomic E-state index is 11.3. The number of carbonyl (C=O) groups is 1. The van der Waals surface area contributed by atoms with Gasteiger partial charge in [0.15, 0.2) is 0 Å². The third kappa shape index (κ3) is 3.71. The van der Waals surface area contributed by atoms with Gasteiger partial charge in [-0.05, 0) is 22.0 Å². The first-order valence-electron chi connectivity index (χ1n) is 4.37. The van der Waals surface area contributed by atoms with E-state index in [1.54, 1.807) is 18.3 Å². The van der Waals surface area contributed by atoms with Crippen LogP contribution in [0, 0.1) is 0 Å². The zero-order valence-corrected chi connectivity index (χ0v) is 9.66. The Kier molecular flexibility index (Phi) is 4.30. The number of aromatic nitrogens is 1. The van der Waals surface area contributed by atoms with Crippen LogP contribution in [0.1, 0.15) is 0 Å². The Morgan fingerprint density at radius 2 is 2.33 bits per heavy atom. The van der Waals surface area contributed by atoms with Gasteiger partial charge >= 0.3 is 0 Å².